The zero-order chi connectivity index (χ0) is 14.4. The van der Waals surface area contributed by atoms with Crippen LogP contribution in [0.3, 0.4) is 0 Å². The number of hydrogen-bond acceptors (Lipinski definition) is 4. The third-order valence-corrected chi connectivity index (χ3v) is 5.01. The second-order valence-corrected chi connectivity index (χ2v) is 6.06. The van der Waals surface area contributed by atoms with E-state index in [2.05, 4.69) is 28.4 Å². The summed E-state index contributed by atoms with van der Waals surface area (Å²) in [7, 11) is 0. The highest BCUT2D eigenvalue weighted by molar-refractivity contribution is 8.00. The van der Waals surface area contributed by atoms with E-state index in [1.807, 2.05) is 11.8 Å². The molecule has 2 rings (SSSR count). The van der Waals surface area contributed by atoms with Crippen molar-refractivity contribution >= 4 is 17.7 Å². The van der Waals surface area contributed by atoms with Crippen molar-refractivity contribution in [3.8, 4) is 11.8 Å². The lowest BCUT2D eigenvalue weighted by Gasteiger charge is -2.40. The van der Waals surface area contributed by atoms with Gasteiger partial charge in [0, 0.05) is 17.5 Å². The van der Waals surface area contributed by atoms with E-state index in [4.69, 9.17) is 5.11 Å². The van der Waals surface area contributed by atoms with Gasteiger partial charge in [-0.2, -0.15) is 11.8 Å². The first kappa shape index (κ1) is 14.9. The number of hydrogen-bond donors (Lipinski definition) is 2. The molecule has 1 saturated carbocycles. The molecule has 0 spiro atoms. The topological polar surface area (TPSA) is 62.2 Å². The van der Waals surface area contributed by atoms with Gasteiger partial charge in [-0.3, -0.25) is 4.79 Å². The highest BCUT2D eigenvalue weighted by Gasteiger charge is 2.36. The Bertz CT molecular complexity index is 539. The zero-order valence-electron chi connectivity index (χ0n) is 11.5. The summed E-state index contributed by atoms with van der Waals surface area (Å²) in [5, 5.41) is 11.7. The molecule has 1 amide bonds. The van der Waals surface area contributed by atoms with Crippen molar-refractivity contribution in [1.29, 1.82) is 0 Å². The molecule has 0 saturated heterocycles. The predicted octanol–water partition coefficient (Wildman–Crippen LogP) is 1.44. The summed E-state index contributed by atoms with van der Waals surface area (Å²) in [6.45, 7) is 0.433. The molecule has 0 aromatic carbocycles. The minimum absolute atomic E-state index is 0.196. The lowest BCUT2D eigenvalue weighted by Crippen LogP contribution is -2.45. The monoisotopic (exact) mass is 290 g/mol. The van der Waals surface area contributed by atoms with Crippen LogP contribution >= 0.6 is 11.8 Å². The number of nitrogens with one attached hydrogen (secondary N) is 1. The SMILES string of the molecule is CSC1(CNC(=O)c2ncccc2C#CCO)CCC1. The normalized spacial score (nSPS) is 15.7. The molecule has 2 N–H and O–H groups in total. The van der Waals surface area contributed by atoms with Crippen LogP contribution in [-0.2, 0) is 0 Å². The van der Waals surface area contributed by atoms with E-state index in [0.29, 0.717) is 17.8 Å². The fraction of sp³-hybridized carbons (Fsp3) is 0.467. The third-order valence-electron chi connectivity index (χ3n) is 3.59. The quantitative estimate of drug-likeness (QED) is 0.824. The highest BCUT2D eigenvalue weighted by atomic mass is 32.2. The minimum atomic E-state index is -0.231. The number of carbonyl (C=O) groups excluding carboxylic acids is 1. The van der Waals surface area contributed by atoms with E-state index in [9.17, 15) is 4.79 Å². The van der Waals surface area contributed by atoms with E-state index >= 15 is 0 Å². The van der Waals surface area contributed by atoms with Crippen LogP contribution in [0, 0.1) is 11.8 Å². The molecule has 1 aliphatic carbocycles. The van der Waals surface area contributed by atoms with Crippen LogP contribution in [-0.4, -0.2) is 40.2 Å². The van der Waals surface area contributed by atoms with E-state index in [1.165, 1.54) is 6.42 Å². The van der Waals surface area contributed by atoms with E-state index in [1.54, 1.807) is 18.3 Å². The number of carbonyl (C=O) groups is 1. The molecule has 106 valence electrons. The summed E-state index contributed by atoms with van der Waals surface area (Å²) in [6.07, 6.45) is 7.19. The molecule has 20 heavy (non-hydrogen) atoms. The van der Waals surface area contributed by atoms with Gasteiger partial charge in [0.25, 0.3) is 5.91 Å². The number of aliphatic hydroxyl groups excluding tert-OH is 1. The third kappa shape index (κ3) is 3.33. The molecular formula is C15H18N2O2S. The summed E-state index contributed by atoms with van der Waals surface area (Å²) in [5.41, 5.74) is 0.870. The fourth-order valence-corrected chi connectivity index (χ4v) is 3.08. The maximum absolute atomic E-state index is 12.2. The maximum atomic E-state index is 12.2. The number of aromatic nitrogens is 1. The van der Waals surface area contributed by atoms with E-state index in [-0.39, 0.29) is 17.3 Å². The van der Waals surface area contributed by atoms with Gasteiger partial charge in [0.2, 0.25) is 0 Å². The van der Waals surface area contributed by atoms with Crippen molar-refractivity contribution in [3.63, 3.8) is 0 Å². The van der Waals surface area contributed by atoms with Gasteiger partial charge >= 0.3 is 0 Å². The lowest BCUT2D eigenvalue weighted by atomic mass is 9.84. The molecule has 0 radical (unpaired) electrons. The van der Waals surface area contributed by atoms with E-state index < -0.39 is 0 Å². The molecule has 1 heterocycles. The molecular weight excluding hydrogens is 272 g/mol. The Morgan fingerprint density at radius 2 is 2.40 bits per heavy atom. The van der Waals surface area contributed by atoms with Crippen LogP contribution in [0.2, 0.25) is 0 Å². The molecule has 1 aromatic rings. The van der Waals surface area contributed by atoms with Gasteiger partial charge in [0.1, 0.15) is 12.3 Å². The molecule has 5 heteroatoms. The summed E-state index contributed by atoms with van der Waals surface area (Å²) < 4.78 is 0.196. The van der Waals surface area contributed by atoms with Crippen LogP contribution in [0.1, 0.15) is 35.3 Å². The molecule has 1 aromatic heterocycles. The molecule has 4 nitrogen and oxygen atoms in total. The van der Waals surface area contributed by atoms with Gasteiger partial charge in [-0.25, -0.2) is 4.98 Å². The van der Waals surface area contributed by atoms with Crippen LogP contribution in [0.5, 0.6) is 0 Å². The Morgan fingerprint density at radius 3 is 3.00 bits per heavy atom. The summed E-state index contributed by atoms with van der Waals surface area (Å²) in [4.78, 5) is 16.3. The van der Waals surface area contributed by atoms with Crippen molar-refractivity contribution in [2.75, 3.05) is 19.4 Å². The summed E-state index contributed by atoms with van der Waals surface area (Å²) >= 11 is 1.82. The largest absolute Gasteiger partial charge is 0.384 e. The van der Waals surface area contributed by atoms with Crippen molar-refractivity contribution in [2.24, 2.45) is 0 Å². The number of nitrogens with zero attached hydrogens (tertiary/aromatic N) is 1. The second kappa shape index (κ2) is 6.78. The first-order chi connectivity index (χ1) is 9.71. The molecule has 1 aliphatic rings. The first-order valence-electron chi connectivity index (χ1n) is 6.59. The van der Waals surface area contributed by atoms with Gasteiger partial charge in [-0.1, -0.05) is 18.3 Å². The van der Waals surface area contributed by atoms with Gasteiger partial charge in [-0.15, -0.1) is 0 Å². The Hall–Kier alpha value is -1.51. The molecule has 0 atom stereocenters. The van der Waals surface area contributed by atoms with Crippen LogP contribution < -0.4 is 5.32 Å². The number of aliphatic hydroxyl groups is 1. The zero-order valence-corrected chi connectivity index (χ0v) is 12.3. The molecule has 0 aliphatic heterocycles. The first-order valence-corrected chi connectivity index (χ1v) is 7.81. The molecule has 0 bridgehead atoms. The summed E-state index contributed by atoms with van der Waals surface area (Å²) in [5.74, 6) is 5.10. The fourth-order valence-electron chi connectivity index (χ4n) is 2.17. The van der Waals surface area contributed by atoms with E-state index in [0.717, 1.165) is 12.8 Å². The second-order valence-electron chi connectivity index (χ2n) is 4.78. The number of rotatable bonds is 4. The average molecular weight is 290 g/mol. The maximum Gasteiger partial charge on any atom is 0.271 e. The summed E-state index contributed by atoms with van der Waals surface area (Å²) in [6, 6.07) is 3.46. The van der Waals surface area contributed by atoms with Gasteiger partial charge < -0.3 is 10.4 Å². The van der Waals surface area contributed by atoms with Crippen molar-refractivity contribution in [2.45, 2.75) is 24.0 Å². The van der Waals surface area contributed by atoms with Crippen molar-refractivity contribution in [3.05, 3.63) is 29.6 Å². The van der Waals surface area contributed by atoms with Crippen molar-refractivity contribution in [1.82, 2.24) is 10.3 Å². The Kier molecular flexibility index (Phi) is 5.05. The average Bonchev–Trinajstić information content (AvgIpc) is 2.44. The van der Waals surface area contributed by atoms with Crippen LogP contribution in [0.15, 0.2) is 18.3 Å². The van der Waals surface area contributed by atoms with Gasteiger partial charge in [-0.05, 0) is 31.2 Å². The highest BCUT2D eigenvalue weighted by Crippen LogP contribution is 2.42. The van der Waals surface area contributed by atoms with Gasteiger partial charge in [0.15, 0.2) is 0 Å². The molecule has 0 unspecified atom stereocenters. The lowest BCUT2D eigenvalue weighted by molar-refractivity contribution is 0.0938. The number of thioether (sulfide) groups is 1. The van der Waals surface area contributed by atoms with Crippen molar-refractivity contribution < 1.29 is 9.90 Å². The Balaban J connectivity index is 2.05. The van der Waals surface area contributed by atoms with Crippen LogP contribution in [0.25, 0.3) is 0 Å². The minimum Gasteiger partial charge on any atom is -0.384 e. The predicted molar refractivity (Wildman–Crippen MR) is 80.6 cm³/mol. The number of pyridine rings is 1. The van der Waals surface area contributed by atoms with Crippen LogP contribution in [0.4, 0.5) is 0 Å². The Morgan fingerprint density at radius 1 is 1.60 bits per heavy atom. The smallest absolute Gasteiger partial charge is 0.271 e. The van der Waals surface area contributed by atoms with Gasteiger partial charge in [0.05, 0.1) is 5.56 Å². The Labute approximate surface area is 123 Å². The number of amides is 1. The molecule has 1 fully saturated rings. The standard InChI is InChI=1S/C15H18N2O2S/c1-20-15(7-4-8-15)11-17-14(19)13-12(6-3-10-18)5-2-9-16-13/h2,5,9,18H,4,7-8,10-11H2,1H3,(H,17,19).